The van der Waals surface area contributed by atoms with Gasteiger partial charge in [-0.05, 0) is 36.6 Å². The van der Waals surface area contributed by atoms with Gasteiger partial charge in [0.1, 0.15) is 17.7 Å². The third kappa shape index (κ3) is 5.38. The number of rotatable bonds is 8. The molecule has 1 aliphatic heterocycles. The van der Waals surface area contributed by atoms with Crippen molar-refractivity contribution < 1.29 is 27.4 Å². The zero-order valence-corrected chi connectivity index (χ0v) is 20.6. The largest absolute Gasteiger partial charge is 0.494 e. The first-order valence-corrected chi connectivity index (χ1v) is 11.8. The van der Waals surface area contributed by atoms with E-state index in [0.717, 1.165) is 12.1 Å². The van der Waals surface area contributed by atoms with Crippen molar-refractivity contribution in [2.24, 2.45) is 5.73 Å². The summed E-state index contributed by atoms with van der Waals surface area (Å²) in [4.78, 5) is 10.0. The van der Waals surface area contributed by atoms with E-state index < -0.39 is 29.7 Å². The standard InChI is InChI=1S/C25H29F4N7O2/c1-38-20-9-15(26)14(8-16(20)27)18-7-13(10-34-17-3-5-33-24(31)21(17)30)19(11-35-18)36-6-2-4-25(32,12-36)22(37)23(28)29/h3,5,7-9,11,22-23,37H,2,4,6,10,12,30,32H2,1H3,(H3,31,33,34)/t22-,25-/m1/s1. The predicted molar refractivity (Wildman–Crippen MR) is 137 cm³/mol. The Morgan fingerprint density at radius 3 is 2.66 bits per heavy atom. The minimum atomic E-state index is -3.00. The molecule has 1 aromatic carbocycles. The number of nitrogens with zero attached hydrogens (tertiary/aromatic N) is 3. The van der Waals surface area contributed by atoms with Gasteiger partial charge >= 0.3 is 0 Å². The molecular weight excluding hydrogens is 506 g/mol. The van der Waals surface area contributed by atoms with Gasteiger partial charge in [0.25, 0.3) is 6.43 Å². The molecule has 2 aromatic heterocycles. The van der Waals surface area contributed by atoms with E-state index in [1.807, 2.05) is 0 Å². The number of pyridine rings is 2. The first kappa shape index (κ1) is 27.2. The first-order chi connectivity index (χ1) is 18.0. The molecule has 8 N–H and O–H groups in total. The number of piperidine rings is 1. The maximum atomic E-state index is 14.8. The average Bonchev–Trinajstić information content (AvgIpc) is 2.90. The van der Waals surface area contributed by atoms with E-state index in [1.54, 1.807) is 17.0 Å². The van der Waals surface area contributed by atoms with Crippen molar-refractivity contribution in [2.75, 3.05) is 41.9 Å². The maximum absolute atomic E-state index is 14.8. The second-order valence-electron chi connectivity index (χ2n) is 9.21. The summed E-state index contributed by atoms with van der Waals surface area (Å²) in [6.45, 7) is 0.519. The molecule has 1 fully saturated rings. The number of nitrogen functional groups attached to an aromatic ring is 2. The quantitative estimate of drug-likeness (QED) is 0.274. The molecule has 0 aliphatic carbocycles. The summed E-state index contributed by atoms with van der Waals surface area (Å²) in [6.07, 6.45) is -1.46. The molecule has 3 heterocycles. The number of hydrogen-bond acceptors (Lipinski definition) is 9. The highest BCUT2D eigenvalue weighted by Gasteiger charge is 2.43. The molecule has 0 bridgehead atoms. The van der Waals surface area contributed by atoms with Crippen molar-refractivity contribution in [2.45, 2.75) is 37.5 Å². The molecule has 9 nitrogen and oxygen atoms in total. The molecule has 0 unspecified atom stereocenters. The van der Waals surface area contributed by atoms with E-state index in [2.05, 4.69) is 15.3 Å². The van der Waals surface area contributed by atoms with E-state index in [9.17, 15) is 22.7 Å². The summed E-state index contributed by atoms with van der Waals surface area (Å²) in [5.74, 6) is -1.63. The highest BCUT2D eigenvalue weighted by Crippen LogP contribution is 2.35. The summed E-state index contributed by atoms with van der Waals surface area (Å²) in [6, 6.07) is 5.10. The van der Waals surface area contributed by atoms with Crippen molar-refractivity contribution in [1.82, 2.24) is 9.97 Å². The summed E-state index contributed by atoms with van der Waals surface area (Å²) < 4.78 is 60.7. The van der Waals surface area contributed by atoms with Crippen molar-refractivity contribution in [3.8, 4) is 17.0 Å². The lowest BCUT2D eigenvalue weighted by Crippen LogP contribution is -2.63. The van der Waals surface area contributed by atoms with Gasteiger partial charge in [-0.25, -0.2) is 22.5 Å². The summed E-state index contributed by atoms with van der Waals surface area (Å²) >= 11 is 0. The number of aliphatic hydroxyl groups is 1. The second kappa shape index (κ2) is 10.9. The Bertz CT molecular complexity index is 1310. The van der Waals surface area contributed by atoms with Gasteiger partial charge in [-0.15, -0.1) is 0 Å². The molecular formula is C25H29F4N7O2. The maximum Gasteiger partial charge on any atom is 0.265 e. The summed E-state index contributed by atoms with van der Waals surface area (Å²) in [5, 5.41) is 13.2. The lowest BCUT2D eigenvalue weighted by Gasteiger charge is -2.44. The zero-order chi connectivity index (χ0) is 27.6. The third-order valence-corrected chi connectivity index (χ3v) is 6.70. The van der Waals surface area contributed by atoms with E-state index in [0.29, 0.717) is 29.9 Å². The molecule has 0 spiro atoms. The minimum Gasteiger partial charge on any atom is -0.494 e. The van der Waals surface area contributed by atoms with Crippen molar-refractivity contribution in [3.63, 3.8) is 0 Å². The minimum absolute atomic E-state index is 0.0671. The third-order valence-electron chi connectivity index (χ3n) is 6.70. The van der Waals surface area contributed by atoms with E-state index >= 15 is 0 Å². The molecule has 1 saturated heterocycles. The monoisotopic (exact) mass is 535 g/mol. The van der Waals surface area contributed by atoms with Crippen LogP contribution in [0.25, 0.3) is 11.3 Å². The Hall–Kier alpha value is -3.84. The summed E-state index contributed by atoms with van der Waals surface area (Å²) in [5.41, 5.74) is 18.3. The Balaban J connectivity index is 1.74. The number of ether oxygens (including phenoxy) is 1. The van der Waals surface area contributed by atoms with Crippen molar-refractivity contribution in [1.29, 1.82) is 0 Å². The molecule has 0 saturated carbocycles. The Morgan fingerprint density at radius 2 is 1.95 bits per heavy atom. The fourth-order valence-electron chi connectivity index (χ4n) is 4.59. The molecule has 4 rings (SSSR count). The predicted octanol–water partition coefficient (Wildman–Crippen LogP) is 3.13. The van der Waals surface area contributed by atoms with Crippen LogP contribution in [0.4, 0.5) is 40.4 Å². The lowest BCUT2D eigenvalue weighted by molar-refractivity contribution is -0.0529. The summed E-state index contributed by atoms with van der Waals surface area (Å²) in [7, 11) is 1.23. The average molecular weight is 536 g/mol. The van der Waals surface area contributed by atoms with Crippen LogP contribution in [0.15, 0.2) is 36.7 Å². The van der Waals surface area contributed by atoms with Crippen LogP contribution in [0.3, 0.4) is 0 Å². The van der Waals surface area contributed by atoms with Gasteiger partial charge < -0.3 is 37.3 Å². The van der Waals surface area contributed by atoms with E-state index in [-0.39, 0.29) is 48.0 Å². The number of alkyl halides is 2. The van der Waals surface area contributed by atoms with Crippen LogP contribution in [-0.4, -0.2) is 53.3 Å². The highest BCUT2D eigenvalue weighted by molar-refractivity contribution is 5.76. The number of aliphatic hydroxyl groups excluding tert-OH is 1. The molecule has 204 valence electrons. The van der Waals surface area contributed by atoms with Crippen molar-refractivity contribution in [3.05, 3.63) is 53.9 Å². The van der Waals surface area contributed by atoms with Crippen LogP contribution in [0.2, 0.25) is 0 Å². The zero-order valence-electron chi connectivity index (χ0n) is 20.6. The topological polar surface area (TPSA) is 149 Å². The number of anilines is 4. The van der Waals surface area contributed by atoms with Gasteiger partial charge in [-0.3, -0.25) is 4.98 Å². The van der Waals surface area contributed by atoms with Gasteiger partial charge in [0.15, 0.2) is 11.6 Å². The Kier molecular flexibility index (Phi) is 7.78. The first-order valence-electron chi connectivity index (χ1n) is 11.8. The van der Waals surface area contributed by atoms with Crippen LogP contribution in [0, 0.1) is 11.6 Å². The number of methoxy groups -OCH3 is 1. The van der Waals surface area contributed by atoms with Gasteiger partial charge in [-0.1, -0.05) is 0 Å². The molecule has 1 aliphatic rings. The highest BCUT2D eigenvalue weighted by atomic mass is 19.3. The van der Waals surface area contributed by atoms with Gasteiger partial charge in [-0.2, -0.15) is 0 Å². The lowest BCUT2D eigenvalue weighted by atomic mass is 9.84. The SMILES string of the molecule is COc1cc(F)c(-c2cc(CNc3ccnc(N)c3N)c(N3CCC[C@](N)([C@H](O)C(F)F)C3)cn2)cc1F. The second-order valence-corrected chi connectivity index (χ2v) is 9.21. The van der Waals surface area contributed by atoms with Crippen LogP contribution < -0.4 is 32.2 Å². The van der Waals surface area contributed by atoms with Gasteiger partial charge in [0.2, 0.25) is 0 Å². The fourth-order valence-corrected chi connectivity index (χ4v) is 4.59. The molecule has 0 amide bonds. The molecule has 13 heteroatoms. The molecule has 38 heavy (non-hydrogen) atoms. The molecule has 2 atom stereocenters. The molecule has 3 aromatic rings. The van der Waals surface area contributed by atoms with Crippen LogP contribution in [0.1, 0.15) is 18.4 Å². The normalized spacial score (nSPS) is 18.5. The number of aromatic nitrogens is 2. The number of nitrogens with two attached hydrogens (primary N) is 3. The number of hydrogen-bond donors (Lipinski definition) is 5. The van der Waals surface area contributed by atoms with E-state index in [4.69, 9.17) is 21.9 Å². The smallest absolute Gasteiger partial charge is 0.265 e. The van der Waals surface area contributed by atoms with Gasteiger partial charge in [0, 0.05) is 37.5 Å². The van der Waals surface area contributed by atoms with Crippen LogP contribution in [-0.2, 0) is 6.54 Å². The Labute approximate surface area is 216 Å². The van der Waals surface area contributed by atoms with Gasteiger partial charge in [0.05, 0.1) is 41.6 Å². The molecule has 0 radical (unpaired) electrons. The van der Waals surface area contributed by atoms with Crippen LogP contribution >= 0.6 is 0 Å². The van der Waals surface area contributed by atoms with Crippen LogP contribution in [0.5, 0.6) is 5.75 Å². The fraction of sp³-hybridized carbons (Fsp3) is 0.360. The number of halogens is 4. The van der Waals surface area contributed by atoms with E-state index in [1.165, 1.54) is 19.5 Å². The Morgan fingerprint density at radius 1 is 1.18 bits per heavy atom. The number of benzene rings is 1. The number of nitrogens with one attached hydrogen (secondary N) is 1. The van der Waals surface area contributed by atoms with Crippen molar-refractivity contribution >= 4 is 22.9 Å².